The van der Waals surface area contributed by atoms with Crippen LogP contribution in [0.1, 0.15) is 46.4 Å². The molecule has 1 atom stereocenters. The topological polar surface area (TPSA) is 187 Å². The maximum atomic E-state index is 14.8. The SMILES string of the molecule is COc1cc(N2CCC(CN3CCN(c4ccc5c(c4)C(=O)N([C@H]4CCC(=O)NC4=O)C5=O)CC3)CC2)c(-c2cnn(C)c2)cc1Nc1ncc(Cl)c(Nc2ccc(-c3ccccc3F)cc2P(C)(C)=O)n1. The molecule has 2 aromatic heterocycles. The van der Waals surface area contributed by atoms with Gasteiger partial charge in [-0.05, 0) is 86.5 Å². The van der Waals surface area contributed by atoms with E-state index in [9.17, 15) is 28.1 Å². The Morgan fingerprint density at radius 2 is 1.57 bits per heavy atom. The van der Waals surface area contributed by atoms with Crippen LogP contribution in [0.3, 0.4) is 0 Å². The van der Waals surface area contributed by atoms with Crippen molar-refractivity contribution in [1.29, 1.82) is 0 Å². The molecule has 4 aliphatic heterocycles. The number of hydrogen-bond donors (Lipinski definition) is 3. The summed E-state index contributed by atoms with van der Waals surface area (Å²) in [7, 11) is 0.627. The number of aryl methyl sites for hydroxylation is 1. The normalized spacial score (nSPS) is 17.9. The molecule has 0 bridgehead atoms. The zero-order valence-corrected chi connectivity index (χ0v) is 42.0. The number of hydrogen-bond acceptors (Lipinski definition) is 14. The Morgan fingerprint density at radius 1 is 0.806 bits per heavy atom. The first-order valence-electron chi connectivity index (χ1n) is 23.9. The molecule has 3 N–H and O–H groups in total. The van der Waals surface area contributed by atoms with Gasteiger partial charge in [-0.25, -0.2) is 9.37 Å². The molecule has 0 saturated carbocycles. The van der Waals surface area contributed by atoms with Crippen molar-refractivity contribution in [3.8, 4) is 28.0 Å². The monoisotopic (exact) mass is 1010 g/mol. The van der Waals surface area contributed by atoms with Crippen molar-refractivity contribution in [3.63, 3.8) is 0 Å². The quantitative estimate of drug-likeness (QED) is 0.0762. The molecule has 17 nitrogen and oxygen atoms in total. The minimum atomic E-state index is -2.88. The number of carbonyl (C=O) groups is 4. The van der Waals surface area contributed by atoms with Gasteiger partial charge in [0.2, 0.25) is 17.8 Å². The lowest BCUT2D eigenvalue weighted by molar-refractivity contribution is -0.136. The smallest absolute Gasteiger partial charge is 0.262 e. The summed E-state index contributed by atoms with van der Waals surface area (Å²) >= 11 is 6.67. The van der Waals surface area contributed by atoms with Crippen molar-refractivity contribution >= 4 is 82.2 Å². The molecule has 0 aliphatic carbocycles. The fourth-order valence-electron chi connectivity index (χ4n) is 10.2. The number of piperidine rings is 2. The van der Waals surface area contributed by atoms with Crippen molar-refractivity contribution in [2.45, 2.75) is 31.7 Å². The van der Waals surface area contributed by atoms with Crippen LogP contribution >= 0.6 is 18.7 Å². The highest BCUT2D eigenvalue weighted by Gasteiger charge is 2.45. The van der Waals surface area contributed by atoms with Crippen LogP contribution in [0.4, 0.5) is 38.9 Å². The summed E-state index contributed by atoms with van der Waals surface area (Å²) in [5.41, 5.74) is 6.48. The van der Waals surface area contributed by atoms with Crippen molar-refractivity contribution < 1.29 is 32.9 Å². The zero-order valence-electron chi connectivity index (χ0n) is 40.3. The number of halogens is 2. The number of aromatic nitrogens is 4. The lowest BCUT2D eigenvalue weighted by Crippen LogP contribution is -2.54. The summed E-state index contributed by atoms with van der Waals surface area (Å²) in [6.45, 7) is 9.20. The number of carbonyl (C=O) groups excluding carboxylic acids is 4. The molecule has 6 aromatic rings. The van der Waals surface area contributed by atoms with E-state index in [1.807, 2.05) is 37.6 Å². The number of piperazine rings is 1. The number of methoxy groups -OCH3 is 1. The van der Waals surface area contributed by atoms with E-state index in [1.54, 1.807) is 73.7 Å². The minimum absolute atomic E-state index is 0.0748. The van der Waals surface area contributed by atoms with Crippen molar-refractivity contribution in [3.05, 3.63) is 113 Å². The van der Waals surface area contributed by atoms with Gasteiger partial charge in [0.1, 0.15) is 29.8 Å². The van der Waals surface area contributed by atoms with Gasteiger partial charge in [0, 0.05) is 105 Å². The lowest BCUT2D eigenvalue weighted by atomic mass is 9.94. The first-order valence-corrected chi connectivity index (χ1v) is 26.9. The van der Waals surface area contributed by atoms with E-state index in [-0.39, 0.29) is 46.6 Å². The number of ether oxygens (including phenoxy) is 1. The fourth-order valence-corrected chi connectivity index (χ4v) is 11.5. The maximum absolute atomic E-state index is 14.8. The molecule has 372 valence electrons. The predicted octanol–water partition coefficient (Wildman–Crippen LogP) is 7.52. The van der Waals surface area contributed by atoms with Crippen LogP contribution in [0.25, 0.3) is 22.3 Å². The maximum Gasteiger partial charge on any atom is 0.262 e. The number of imide groups is 2. The van der Waals surface area contributed by atoms with E-state index in [0.717, 1.165) is 86.1 Å². The van der Waals surface area contributed by atoms with Gasteiger partial charge in [-0.3, -0.25) is 39.0 Å². The van der Waals surface area contributed by atoms with Crippen LogP contribution in [-0.4, -0.2) is 125 Å². The third-order valence-electron chi connectivity index (χ3n) is 14.0. The molecule has 3 saturated heterocycles. The van der Waals surface area contributed by atoms with E-state index >= 15 is 0 Å². The molecule has 10 rings (SSSR count). The van der Waals surface area contributed by atoms with E-state index in [0.29, 0.717) is 39.5 Å². The van der Waals surface area contributed by atoms with Gasteiger partial charge in [-0.15, -0.1) is 0 Å². The largest absolute Gasteiger partial charge is 0.494 e. The highest BCUT2D eigenvalue weighted by atomic mass is 35.5. The summed E-state index contributed by atoms with van der Waals surface area (Å²) in [5.74, 6) is -0.807. The van der Waals surface area contributed by atoms with Gasteiger partial charge < -0.3 is 29.7 Å². The van der Waals surface area contributed by atoms with Crippen molar-refractivity contribution in [2.75, 3.05) is 86.7 Å². The van der Waals surface area contributed by atoms with Gasteiger partial charge in [-0.2, -0.15) is 10.1 Å². The molecule has 4 aliphatic rings. The number of nitrogens with one attached hydrogen (secondary N) is 3. The summed E-state index contributed by atoms with van der Waals surface area (Å²) in [6.07, 6.45) is 7.49. The fraction of sp³-hybridized carbons (Fsp3) is 0.327. The number of amides is 4. The number of fused-ring (bicyclic) bond motifs is 1. The first kappa shape index (κ1) is 48.5. The van der Waals surface area contributed by atoms with Crippen LogP contribution in [0.5, 0.6) is 5.75 Å². The van der Waals surface area contributed by atoms with Gasteiger partial charge in [0.15, 0.2) is 5.82 Å². The molecule has 0 unspecified atom stereocenters. The molecule has 4 amide bonds. The van der Waals surface area contributed by atoms with Gasteiger partial charge in [-0.1, -0.05) is 35.9 Å². The van der Waals surface area contributed by atoms with Gasteiger partial charge in [0.25, 0.3) is 11.8 Å². The third kappa shape index (κ3) is 9.78. The number of benzene rings is 4. The minimum Gasteiger partial charge on any atom is -0.494 e. The van der Waals surface area contributed by atoms with Crippen LogP contribution < -0.4 is 35.8 Å². The van der Waals surface area contributed by atoms with Crippen molar-refractivity contribution in [1.82, 2.24) is 34.9 Å². The molecule has 6 heterocycles. The van der Waals surface area contributed by atoms with Crippen LogP contribution in [0.2, 0.25) is 5.02 Å². The van der Waals surface area contributed by atoms with Gasteiger partial charge in [0.05, 0.1) is 42.0 Å². The Hall–Kier alpha value is -7.14. The average molecular weight is 1010 g/mol. The molecular formula is C52H54ClFN11O6P. The molecular weight excluding hydrogens is 960 g/mol. The average Bonchev–Trinajstić information content (AvgIpc) is 3.91. The molecule has 0 spiro atoms. The summed E-state index contributed by atoms with van der Waals surface area (Å²) in [5, 5.41) is 14.1. The molecule has 3 fully saturated rings. The second-order valence-electron chi connectivity index (χ2n) is 19.1. The van der Waals surface area contributed by atoms with Crippen LogP contribution in [0, 0.1) is 11.7 Å². The van der Waals surface area contributed by atoms with E-state index in [2.05, 4.69) is 40.7 Å². The summed E-state index contributed by atoms with van der Waals surface area (Å²) < 4.78 is 36.2. The Kier molecular flexibility index (Phi) is 13.3. The Morgan fingerprint density at radius 3 is 2.28 bits per heavy atom. The zero-order chi connectivity index (χ0) is 50.4. The van der Waals surface area contributed by atoms with E-state index < -0.39 is 36.8 Å². The Labute approximate surface area is 421 Å². The summed E-state index contributed by atoms with van der Waals surface area (Å²) in [6, 6.07) is 20.1. The number of nitrogens with zero attached hydrogens (tertiary/aromatic N) is 8. The van der Waals surface area contributed by atoms with Crippen LogP contribution in [-0.2, 0) is 21.2 Å². The first-order chi connectivity index (χ1) is 34.6. The highest BCUT2D eigenvalue weighted by Crippen LogP contribution is 2.43. The molecule has 0 radical (unpaired) electrons. The van der Waals surface area contributed by atoms with E-state index in [1.165, 1.54) is 12.3 Å². The second kappa shape index (κ2) is 19.8. The molecule has 4 aromatic carbocycles. The lowest BCUT2D eigenvalue weighted by Gasteiger charge is -2.40. The highest BCUT2D eigenvalue weighted by molar-refractivity contribution is 7.70. The standard InChI is InChI=1S/C52H54ClFN11O6P/c1-61-30-33(27-56-61)37-25-42(58-52-55-28-39(53)48(60-52)57-41-12-9-32(23-46(41)72(3,4)70)35-7-5-6-8-40(35)54)45(71-2)26-44(37)64-17-15-31(16-18-64)29-62-19-21-63(22-20-62)34-10-11-36-38(24-34)51(69)65(50(36)68)43-13-14-47(66)59-49(43)67/h5-12,23-28,30-31,43H,13-22,29H2,1-4H3,(H,59,66,67)(H2,55,57,58,60)/t43-/m0/s1. The third-order valence-corrected chi connectivity index (χ3v) is 15.8. The molecule has 72 heavy (non-hydrogen) atoms. The number of rotatable bonds is 13. The van der Waals surface area contributed by atoms with E-state index in [4.69, 9.17) is 21.3 Å². The van der Waals surface area contributed by atoms with Crippen LogP contribution in [0.15, 0.2) is 91.4 Å². The second-order valence-corrected chi connectivity index (χ2v) is 22.7. The number of anilines is 6. The Balaban J connectivity index is 0.800. The molecule has 20 heteroatoms. The predicted molar refractivity (Wildman–Crippen MR) is 276 cm³/mol. The summed E-state index contributed by atoms with van der Waals surface area (Å²) in [4.78, 5) is 68.4. The van der Waals surface area contributed by atoms with Gasteiger partial charge >= 0.3 is 0 Å². The Bertz CT molecular complexity index is 3180. The van der Waals surface area contributed by atoms with Crippen molar-refractivity contribution in [2.24, 2.45) is 13.0 Å².